The van der Waals surface area contributed by atoms with Crippen molar-refractivity contribution >= 4 is 11.5 Å². The summed E-state index contributed by atoms with van der Waals surface area (Å²) in [5.74, 6) is 0.406. The summed E-state index contributed by atoms with van der Waals surface area (Å²) in [6, 6.07) is 8.21. The molecule has 0 fully saturated rings. The predicted molar refractivity (Wildman–Crippen MR) is 78.7 cm³/mol. The van der Waals surface area contributed by atoms with E-state index in [-0.39, 0.29) is 11.5 Å². The number of nitro benzene ring substituents is 1. The summed E-state index contributed by atoms with van der Waals surface area (Å²) in [6.07, 6.45) is 0. The molecule has 0 saturated heterocycles. The van der Waals surface area contributed by atoms with E-state index in [1.165, 1.54) is 12.1 Å². The van der Waals surface area contributed by atoms with Gasteiger partial charge in [-0.25, -0.2) is 0 Å². The van der Waals surface area contributed by atoms with Gasteiger partial charge in [0.15, 0.2) is 5.82 Å². The monoisotopic (exact) mass is 296 g/mol. The molecule has 0 spiro atoms. The minimum atomic E-state index is -0.462. The summed E-state index contributed by atoms with van der Waals surface area (Å²) in [5, 5.41) is 30.1. The lowest BCUT2D eigenvalue weighted by Gasteiger charge is -2.24. The maximum absolute atomic E-state index is 10.8. The van der Waals surface area contributed by atoms with E-state index in [1.54, 1.807) is 12.1 Å². The minimum absolute atomic E-state index is 0.00252. The molecule has 0 radical (unpaired) electrons. The van der Waals surface area contributed by atoms with Gasteiger partial charge in [0.05, 0.1) is 22.5 Å². The third-order valence-corrected chi connectivity index (χ3v) is 3.67. The minimum Gasteiger partial charge on any atom is -0.384 e. The Kier molecular flexibility index (Phi) is 3.03. The third kappa shape index (κ3) is 1.96. The first-order chi connectivity index (χ1) is 10.5. The van der Waals surface area contributed by atoms with Crippen LogP contribution < -0.4 is 11.1 Å². The van der Waals surface area contributed by atoms with Gasteiger partial charge in [0, 0.05) is 23.4 Å². The van der Waals surface area contributed by atoms with Crippen LogP contribution in [0.2, 0.25) is 0 Å². The van der Waals surface area contributed by atoms with Crippen molar-refractivity contribution in [3.05, 3.63) is 62.6 Å². The molecule has 3 rings (SSSR count). The average Bonchev–Trinajstić information content (AvgIpc) is 2.87. The van der Waals surface area contributed by atoms with E-state index in [2.05, 4.69) is 21.6 Å². The second kappa shape index (κ2) is 4.89. The van der Waals surface area contributed by atoms with Crippen LogP contribution in [-0.2, 0) is 0 Å². The summed E-state index contributed by atoms with van der Waals surface area (Å²) in [4.78, 5) is 10.3. The number of benzene rings is 1. The van der Waals surface area contributed by atoms with Crippen molar-refractivity contribution in [2.75, 3.05) is 5.32 Å². The highest BCUT2D eigenvalue weighted by Crippen LogP contribution is 2.41. The number of fused-ring (bicyclic) bond motifs is 1. The molecule has 1 aromatic carbocycles. The number of nitrogens with one attached hydrogen (secondary N) is 2. The highest BCUT2D eigenvalue weighted by molar-refractivity contribution is 5.65. The van der Waals surface area contributed by atoms with E-state index in [1.807, 2.05) is 6.92 Å². The molecule has 110 valence electrons. The molecule has 1 aromatic heterocycles. The number of nitriles is 1. The van der Waals surface area contributed by atoms with Gasteiger partial charge in [-0.2, -0.15) is 10.4 Å². The quantitative estimate of drug-likeness (QED) is 0.572. The van der Waals surface area contributed by atoms with Gasteiger partial charge in [0.2, 0.25) is 0 Å². The Bertz CT molecular complexity index is 828. The fourth-order valence-electron chi connectivity index (χ4n) is 2.63. The number of H-pyrrole nitrogens is 1. The van der Waals surface area contributed by atoms with Crippen molar-refractivity contribution < 1.29 is 4.92 Å². The van der Waals surface area contributed by atoms with Gasteiger partial charge in [0.1, 0.15) is 5.82 Å². The zero-order valence-electron chi connectivity index (χ0n) is 11.6. The zero-order chi connectivity index (χ0) is 15.9. The lowest BCUT2D eigenvalue weighted by atomic mass is 9.83. The van der Waals surface area contributed by atoms with Gasteiger partial charge in [-0.1, -0.05) is 12.1 Å². The number of aromatic nitrogens is 2. The molecule has 0 aliphatic carbocycles. The first-order valence-electron chi connectivity index (χ1n) is 6.49. The maximum Gasteiger partial charge on any atom is 0.269 e. The van der Waals surface area contributed by atoms with Gasteiger partial charge in [-0.3, -0.25) is 15.2 Å². The molecule has 8 nitrogen and oxygen atoms in total. The highest BCUT2D eigenvalue weighted by atomic mass is 16.6. The lowest BCUT2D eigenvalue weighted by Crippen LogP contribution is -2.23. The van der Waals surface area contributed by atoms with Gasteiger partial charge in [-0.15, -0.1) is 0 Å². The Morgan fingerprint density at radius 2 is 2.09 bits per heavy atom. The van der Waals surface area contributed by atoms with Gasteiger partial charge >= 0.3 is 0 Å². The first kappa shape index (κ1) is 13.6. The Morgan fingerprint density at radius 1 is 1.41 bits per heavy atom. The van der Waals surface area contributed by atoms with Crippen LogP contribution in [0.15, 0.2) is 35.7 Å². The second-order valence-corrected chi connectivity index (χ2v) is 4.96. The number of nitrogens with two attached hydrogens (primary N) is 1. The van der Waals surface area contributed by atoms with Crippen molar-refractivity contribution in [2.45, 2.75) is 12.8 Å². The number of allylic oxidation sites excluding steroid dienone is 1. The molecule has 1 aliphatic heterocycles. The number of non-ortho nitro benzene ring substituents is 1. The van der Waals surface area contributed by atoms with Gasteiger partial charge in [-0.05, 0) is 12.5 Å². The largest absolute Gasteiger partial charge is 0.384 e. The van der Waals surface area contributed by atoms with Crippen LogP contribution >= 0.6 is 0 Å². The van der Waals surface area contributed by atoms with E-state index in [0.29, 0.717) is 11.4 Å². The van der Waals surface area contributed by atoms with Crippen molar-refractivity contribution in [2.24, 2.45) is 5.73 Å². The summed E-state index contributed by atoms with van der Waals surface area (Å²) in [6.45, 7) is 1.85. The number of anilines is 1. The zero-order valence-corrected chi connectivity index (χ0v) is 11.6. The number of nitro groups is 1. The summed E-state index contributed by atoms with van der Waals surface area (Å²) in [7, 11) is 0. The number of hydrogen-bond acceptors (Lipinski definition) is 6. The van der Waals surface area contributed by atoms with Crippen molar-refractivity contribution in [1.29, 1.82) is 5.26 Å². The third-order valence-electron chi connectivity index (χ3n) is 3.67. The molecule has 1 atom stereocenters. The van der Waals surface area contributed by atoms with Crippen molar-refractivity contribution in [3.63, 3.8) is 0 Å². The second-order valence-electron chi connectivity index (χ2n) is 4.96. The number of hydrogen-bond donors (Lipinski definition) is 3. The first-order valence-corrected chi connectivity index (χ1v) is 6.49. The standard InChI is InChI=1S/C14H12N6O2/c1-7-11-12(8-2-4-9(5-3-8)20(21)22)10(6-15)13(16)17-14(11)19-18-7/h2-5,12H,16H2,1H3,(H2,17,18,19)/t12-/m1/s1. The smallest absolute Gasteiger partial charge is 0.269 e. The maximum atomic E-state index is 10.8. The number of aryl methyl sites for hydroxylation is 1. The van der Waals surface area contributed by atoms with Crippen LogP contribution in [-0.4, -0.2) is 15.1 Å². The highest BCUT2D eigenvalue weighted by Gasteiger charge is 2.32. The van der Waals surface area contributed by atoms with Crippen molar-refractivity contribution in [3.8, 4) is 6.07 Å². The molecule has 0 bridgehead atoms. The van der Waals surface area contributed by atoms with E-state index in [4.69, 9.17) is 5.73 Å². The Labute approximate surface area is 125 Å². The molecule has 0 unspecified atom stereocenters. The van der Waals surface area contributed by atoms with Crippen molar-refractivity contribution in [1.82, 2.24) is 10.2 Å². The van der Waals surface area contributed by atoms with Crippen LogP contribution in [0.1, 0.15) is 22.7 Å². The average molecular weight is 296 g/mol. The molecule has 4 N–H and O–H groups in total. The predicted octanol–water partition coefficient (Wildman–Crippen LogP) is 1.88. The molecular weight excluding hydrogens is 284 g/mol. The number of nitrogens with zero attached hydrogens (tertiary/aromatic N) is 3. The Balaban J connectivity index is 2.16. The normalized spacial score (nSPS) is 16.6. The van der Waals surface area contributed by atoms with Crippen LogP contribution in [0.3, 0.4) is 0 Å². The lowest BCUT2D eigenvalue weighted by molar-refractivity contribution is -0.384. The SMILES string of the molecule is Cc1[nH]nc2c1[C@H](c1ccc([N+](=O)[O-])cc1)C(C#N)=C(N)N2. The summed E-state index contributed by atoms with van der Waals surface area (Å²) >= 11 is 0. The number of rotatable bonds is 2. The van der Waals surface area contributed by atoms with Gasteiger partial charge in [0.25, 0.3) is 5.69 Å². The van der Waals surface area contributed by atoms with Crippen LogP contribution in [0.5, 0.6) is 0 Å². The van der Waals surface area contributed by atoms with Gasteiger partial charge < -0.3 is 11.1 Å². The molecule has 0 amide bonds. The van der Waals surface area contributed by atoms with E-state index >= 15 is 0 Å². The van der Waals surface area contributed by atoms with E-state index < -0.39 is 10.8 Å². The van der Waals surface area contributed by atoms with E-state index in [0.717, 1.165) is 16.8 Å². The molecule has 8 heteroatoms. The summed E-state index contributed by atoms with van der Waals surface area (Å²) in [5.41, 5.74) is 8.65. The van der Waals surface area contributed by atoms with Crippen LogP contribution in [0.4, 0.5) is 11.5 Å². The molecule has 2 heterocycles. The Morgan fingerprint density at radius 3 is 2.68 bits per heavy atom. The van der Waals surface area contributed by atoms with Crippen LogP contribution in [0.25, 0.3) is 0 Å². The Hall–Kier alpha value is -3.34. The summed E-state index contributed by atoms with van der Waals surface area (Å²) < 4.78 is 0. The van der Waals surface area contributed by atoms with E-state index in [9.17, 15) is 15.4 Å². The topological polar surface area (TPSA) is 134 Å². The fourth-order valence-corrected chi connectivity index (χ4v) is 2.63. The van der Waals surface area contributed by atoms with Crippen LogP contribution in [0, 0.1) is 28.4 Å². The fraction of sp³-hybridized carbons (Fsp3) is 0.143. The molecule has 2 aromatic rings. The molecule has 22 heavy (non-hydrogen) atoms. The molecule has 0 saturated carbocycles. The number of aromatic amines is 1. The molecular formula is C14H12N6O2. The molecule has 1 aliphatic rings.